The summed E-state index contributed by atoms with van der Waals surface area (Å²) in [6.45, 7) is 1.92. The van der Waals surface area contributed by atoms with Crippen LogP contribution in [0.25, 0.3) is 10.1 Å². The largest absolute Gasteiger partial charge is 0.469 e. The van der Waals surface area contributed by atoms with E-state index in [-0.39, 0.29) is 17.9 Å². The van der Waals surface area contributed by atoms with Gasteiger partial charge in [0.1, 0.15) is 11.5 Å². The average Bonchev–Trinajstić information content (AvgIpc) is 3.37. The second kappa shape index (κ2) is 8.28. The Kier molecular flexibility index (Phi) is 5.39. The van der Waals surface area contributed by atoms with Crippen LogP contribution in [0.3, 0.4) is 0 Å². The molecule has 0 aliphatic carbocycles. The predicted molar refractivity (Wildman–Crippen MR) is 113 cm³/mol. The van der Waals surface area contributed by atoms with E-state index in [9.17, 15) is 9.59 Å². The molecule has 2 aromatic heterocycles. The van der Waals surface area contributed by atoms with Crippen molar-refractivity contribution < 1.29 is 14.0 Å². The van der Waals surface area contributed by atoms with E-state index in [1.807, 2.05) is 43.3 Å². The molecule has 0 fully saturated rings. The third-order valence-electron chi connectivity index (χ3n) is 4.44. The number of carbonyl (C=O) groups excluding carboxylic acids is 2. The third kappa shape index (κ3) is 4.35. The van der Waals surface area contributed by atoms with Crippen LogP contribution >= 0.6 is 11.5 Å². The first-order chi connectivity index (χ1) is 14.1. The van der Waals surface area contributed by atoms with Crippen LogP contribution in [0.15, 0.2) is 71.3 Å². The average molecular weight is 405 g/mol. The van der Waals surface area contributed by atoms with Gasteiger partial charge in [0.2, 0.25) is 0 Å². The van der Waals surface area contributed by atoms with Crippen molar-refractivity contribution in [3.05, 3.63) is 83.9 Å². The molecule has 0 saturated carbocycles. The molecule has 1 unspecified atom stereocenters. The summed E-state index contributed by atoms with van der Waals surface area (Å²) >= 11 is 1.29. The summed E-state index contributed by atoms with van der Waals surface area (Å²) in [5.74, 6) is 0.305. The molecule has 2 aromatic carbocycles. The van der Waals surface area contributed by atoms with Gasteiger partial charge in [0.25, 0.3) is 11.8 Å². The van der Waals surface area contributed by atoms with Crippen molar-refractivity contribution in [2.75, 3.05) is 5.32 Å². The molecule has 6 nitrogen and oxygen atoms in total. The molecule has 0 aliphatic rings. The van der Waals surface area contributed by atoms with Crippen LogP contribution in [0.5, 0.6) is 0 Å². The molecular weight excluding hydrogens is 386 g/mol. The van der Waals surface area contributed by atoms with Gasteiger partial charge in [-0.25, -0.2) is 0 Å². The fraction of sp³-hybridized carbons (Fsp3) is 0.136. The van der Waals surface area contributed by atoms with Gasteiger partial charge >= 0.3 is 0 Å². The van der Waals surface area contributed by atoms with Crippen molar-refractivity contribution >= 4 is 39.1 Å². The van der Waals surface area contributed by atoms with Crippen molar-refractivity contribution in [3.8, 4) is 0 Å². The normalized spacial score (nSPS) is 11.9. The Morgan fingerprint density at radius 1 is 1.07 bits per heavy atom. The maximum absolute atomic E-state index is 12.6. The van der Waals surface area contributed by atoms with E-state index in [4.69, 9.17) is 4.42 Å². The topological polar surface area (TPSA) is 84.2 Å². The number of benzene rings is 2. The van der Waals surface area contributed by atoms with E-state index in [1.165, 1.54) is 11.5 Å². The zero-order valence-corrected chi connectivity index (χ0v) is 16.5. The van der Waals surface area contributed by atoms with E-state index in [2.05, 4.69) is 15.0 Å². The fourth-order valence-electron chi connectivity index (χ4n) is 3.07. The monoisotopic (exact) mass is 405 g/mol. The highest BCUT2D eigenvalue weighted by molar-refractivity contribution is 7.13. The van der Waals surface area contributed by atoms with Gasteiger partial charge in [0.15, 0.2) is 0 Å². The quantitative estimate of drug-likeness (QED) is 0.495. The summed E-state index contributed by atoms with van der Waals surface area (Å²) < 4.78 is 10.5. The van der Waals surface area contributed by atoms with Gasteiger partial charge in [-0.15, -0.1) is 0 Å². The van der Waals surface area contributed by atoms with E-state index < -0.39 is 0 Å². The predicted octanol–water partition coefficient (Wildman–Crippen LogP) is 4.50. The molecule has 2 N–H and O–H groups in total. The van der Waals surface area contributed by atoms with Crippen molar-refractivity contribution in [2.45, 2.75) is 19.4 Å². The molecule has 2 amide bonds. The number of aromatic nitrogens is 1. The van der Waals surface area contributed by atoms with Gasteiger partial charge in [0.05, 0.1) is 11.0 Å². The molecule has 0 spiro atoms. The SMILES string of the molecule is CC(Cc1ccco1)NC(=O)c1cccc(NC(=O)c2nsc3ccccc23)c1. The smallest absolute Gasteiger partial charge is 0.276 e. The maximum atomic E-state index is 12.6. The van der Waals surface area contributed by atoms with E-state index in [0.717, 1.165) is 15.8 Å². The first-order valence-electron chi connectivity index (χ1n) is 9.19. The molecule has 0 radical (unpaired) electrons. The maximum Gasteiger partial charge on any atom is 0.276 e. The third-order valence-corrected chi connectivity index (χ3v) is 5.27. The summed E-state index contributed by atoms with van der Waals surface area (Å²) in [4.78, 5) is 25.2. The number of anilines is 1. The number of furan rings is 1. The van der Waals surface area contributed by atoms with E-state index >= 15 is 0 Å². The lowest BCUT2D eigenvalue weighted by atomic mass is 10.1. The summed E-state index contributed by atoms with van der Waals surface area (Å²) in [6.07, 6.45) is 2.22. The molecule has 4 rings (SSSR count). The number of rotatable bonds is 6. The summed E-state index contributed by atoms with van der Waals surface area (Å²) in [5, 5.41) is 6.59. The number of amides is 2. The standard InChI is InChI=1S/C22H19N3O3S/c1-14(12-17-8-5-11-28-17)23-21(26)15-6-4-7-16(13-15)24-22(27)20-18-9-2-3-10-19(18)29-25-20/h2-11,13-14H,12H2,1H3,(H,23,26)(H,24,27). The van der Waals surface area contributed by atoms with Crippen LogP contribution in [0.2, 0.25) is 0 Å². The van der Waals surface area contributed by atoms with Crippen LogP contribution in [-0.4, -0.2) is 22.2 Å². The zero-order valence-electron chi connectivity index (χ0n) is 15.7. The van der Waals surface area contributed by atoms with Crippen molar-refractivity contribution in [1.82, 2.24) is 9.69 Å². The van der Waals surface area contributed by atoms with Gasteiger partial charge in [0, 0.05) is 29.1 Å². The molecule has 146 valence electrons. The minimum atomic E-state index is -0.300. The summed E-state index contributed by atoms with van der Waals surface area (Å²) in [7, 11) is 0. The van der Waals surface area contributed by atoms with Gasteiger partial charge in [-0.2, -0.15) is 4.37 Å². The summed E-state index contributed by atoms with van der Waals surface area (Å²) in [5.41, 5.74) is 1.39. The minimum absolute atomic E-state index is 0.0896. The highest BCUT2D eigenvalue weighted by Crippen LogP contribution is 2.23. The van der Waals surface area contributed by atoms with Crippen LogP contribution in [0.1, 0.15) is 33.5 Å². The molecule has 1 atom stereocenters. The second-order valence-corrected chi connectivity index (χ2v) is 7.53. The van der Waals surface area contributed by atoms with Crippen LogP contribution in [0.4, 0.5) is 5.69 Å². The lowest BCUT2D eigenvalue weighted by Gasteiger charge is -2.13. The van der Waals surface area contributed by atoms with Crippen LogP contribution in [-0.2, 0) is 6.42 Å². The highest BCUT2D eigenvalue weighted by atomic mass is 32.1. The zero-order chi connectivity index (χ0) is 20.2. The Labute approximate surface area is 171 Å². The molecule has 0 aliphatic heterocycles. The second-order valence-electron chi connectivity index (χ2n) is 6.72. The lowest BCUT2D eigenvalue weighted by Crippen LogP contribution is -2.34. The van der Waals surface area contributed by atoms with Crippen LogP contribution in [0, 0.1) is 0 Å². The van der Waals surface area contributed by atoms with Crippen molar-refractivity contribution in [1.29, 1.82) is 0 Å². The fourth-order valence-corrected chi connectivity index (χ4v) is 3.84. The Balaban J connectivity index is 1.44. The number of nitrogens with one attached hydrogen (secondary N) is 2. The highest BCUT2D eigenvalue weighted by Gasteiger charge is 2.16. The molecule has 0 bridgehead atoms. The Hall–Kier alpha value is -3.45. The summed E-state index contributed by atoms with van der Waals surface area (Å²) in [6, 6.07) is 18.0. The van der Waals surface area contributed by atoms with Gasteiger partial charge in [-0.3, -0.25) is 9.59 Å². The van der Waals surface area contributed by atoms with Gasteiger partial charge in [-0.05, 0) is 54.9 Å². The van der Waals surface area contributed by atoms with E-state index in [0.29, 0.717) is 23.4 Å². The molecule has 7 heteroatoms. The number of fused-ring (bicyclic) bond motifs is 1. The lowest BCUT2D eigenvalue weighted by molar-refractivity contribution is 0.0938. The molecular formula is C22H19N3O3S. The van der Waals surface area contributed by atoms with Crippen LogP contribution < -0.4 is 10.6 Å². The van der Waals surface area contributed by atoms with Crippen molar-refractivity contribution in [3.63, 3.8) is 0 Å². The first-order valence-corrected chi connectivity index (χ1v) is 9.96. The number of nitrogens with zero attached hydrogens (tertiary/aromatic N) is 1. The molecule has 0 saturated heterocycles. The number of hydrogen-bond acceptors (Lipinski definition) is 5. The first kappa shape index (κ1) is 18.9. The Morgan fingerprint density at radius 2 is 1.93 bits per heavy atom. The van der Waals surface area contributed by atoms with Crippen molar-refractivity contribution in [2.24, 2.45) is 0 Å². The van der Waals surface area contributed by atoms with Gasteiger partial charge in [-0.1, -0.05) is 24.3 Å². The molecule has 4 aromatic rings. The van der Waals surface area contributed by atoms with Gasteiger partial charge < -0.3 is 15.1 Å². The molecule has 29 heavy (non-hydrogen) atoms. The number of carbonyl (C=O) groups is 2. The number of hydrogen-bond donors (Lipinski definition) is 2. The molecule has 2 heterocycles. The Bertz CT molecular complexity index is 1150. The Morgan fingerprint density at radius 3 is 2.76 bits per heavy atom. The minimum Gasteiger partial charge on any atom is -0.469 e. The van der Waals surface area contributed by atoms with E-state index in [1.54, 1.807) is 30.5 Å².